The maximum Gasteiger partial charge on any atom is 0.420 e. The van der Waals surface area contributed by atoms with Crippen molar-refractivity contribution < 1.29 is 9.53 Å². The zero-order chi connectivity index (χ0) is 26.6. The highest BCUT2D eigenvalue weighted by Crippen LogP contribution is 2.33. The molecule has 0 aliphatic carbocycles. The van der Waals surface area contributed by atoms with Gasteiger partial charge in [0.25, 0.3) is 0 Å². The smallest absolute Gasteiger partial charge is 0.420 e. The number of carbonyl (C=O) groups excluding carboxylic acids is 1. The van der Waals surface area contributed by atoms with Gasteiger partial charge in [0.05, 0.1) is 5.69 Å². The molecule has 0 saturated carbocycles. The lowest BCUT2D eigenvalue weighted by molar-refractivity contribution is 0.0598. The maximum absolute atomic E-state index is 13.6. The first kappa shape index (κ1) is 27.4. The van der Waals surface area contributed by atoms with Gasteiger partial charge < -0.3 is 9.64 Å². The number of halogens is 1. The van der Waals surface area contributed by atoms with Crippen molar-refractivity contribution in [3.8, 4) is 0 Å². The SMILES string of the molecule is CCCC1CCCN(c2cc(N(C(=O)OC(C)(C)C)c3ccc4c(c3)C=NC(C)CC4)nc(Cl)n2)CC1. The molecule has 0 bridgehead atoms. The Hall–Kier alpha value is -2.67. The highest BCUT2D eigenvalue weighted by atomic mass is 35.5. The van der Waals surface area contributed by atoms with E-state index in [1.807, 2.05) is 45.2 Å². The first-order valence-corrected chi connectivity index (χ1v) is 14.0. The van der Waals surface area contributed by atoms with Crippen LogP contribution in [0.15, 0.2) is 29.3 Å². The first-order valence-electron chi connectivity index (χ1n) is 13.6. The Morgan fingerprint density at radius 2 is 1.97 bits per heavy atom. The second-order valence-corrected chi connectivity index (χ2v) is 11.6. The Morgan fingerprint density at radius 1 is 1.16 bits per heavy atom. The molecule has 1 fully saturated rings. The number of benzene rings is 1. The van der Waals surface area contributed by atoms with Crippen molar-refractivity contribution in [2.45, 2.75) is 91.2 Å². The van der Waals surface area contributed by atoms with Gasteiger partial charge in [-0.3, -0.25) is 4.99 Å². The molecule has 1 amide bonds. The van der Waals surface area contributed by atoms with E-state index in [0.29, 0.717) is 11.5 Å². The molecule has 2 aliphatic heterocycles. The number of aryl methyl sites for hydroxylation is 1. The van der Waals surface area contributed by atoms with Crippen molar-refractivity contribution in [1.82, 2.24) is 9.97 Å². The number of nitrogens with zero attached hydrogens (tertiary/aromatic N) is 5. The van der Waals surface area contributed by atoms with Crippen LogP contribution >= 0.6 is 11.6 Å². The van der Waals surface area contributed by atoms with Gasteiger partial charge in [-0.25, -0.2) is 14.7 Å². The molecule has 2 aromatic rings. The summed E-state index contributed by atoms with van der Waals surface area (Å²) in [6.07, 6.45) is 9.29. The van der Waals surface area contributed by atoms with Crippen LogP contribution in [0.4, 0.5) is 22.1 Å². The zero-order valence-corrected chi connectivity index (χ0v) is 23.6. The number of rotatable bonds is 5. The van der Waals surface area contributed by atoms with E-state index in [1.165, 1.54) is 29.7 Å². The fraction of sp³-hybridized carbons (Fsp3) is 0.586. The van der Waals surface area contributed by atoms with Gasteiger partial charge in [0.15, 0.2) is 0 Å². The van der Waals surface area contributed by atoms with Gasteiger partial charge in [0, 0.05) is 31.4 Å². The van der Waals surface area contributed by atoms with Crippen LogP contribution in [0, 0.1) is 5.92 Å². The van der Waals surface area contributed by atoms with Gasteiger partial charge in [0.2, 0.25) is 5.28 Å². The number of anilines is 3. The summed E-state index contributed by atoms with van der Waals surface area (Å²) in [6.45, 7) is 11.8. The first-order chi connectivity index (χ1) is 17.6. The molecule has 0 N–H and O–H groups in total. The number of ether oxygens (including phenoxy) is 1. The standard InChI is InChI=1S/C29H40ClN5O2/c1-6-8-21-9-7-15-34(16-14-21)25-18-26(33-27(30)32-25)35(28(36)37-29(3,4)5)24-13-12-22-11-10-20(2)31-19-23(22)17-24/h12-13,17-21H,6-11,14-16H2,1-5H3. The molecule has 0 spiro atoms. The van der Waals surface area contributed by atoms with Crippen molar-refractivity contribution in [1.29, 1.82) is 0 Å². The van der Waals surface area contributed by atoms with Crippen molar-refractivity contribution in [2.24, 2.45) is 10.9 Å². The average Bonchev–Trinajstić information content (AvgIpc) is 3.16. The molecule has 4 rings (SSSR count). The van der Waals surface area contributed by atoms with Gasteiger partial charge >= 0.3 is 6.09 Å². The molecule has 2 atom stereocenters. The molecule has 37 heavy (non-hydrogen) atoms. The van der Waals surface area contributed by atoms with E-state index in [4.69, 9.17) is 16.3 Å². The number of aliphatic imine (C=N–C) groups is 1. The van der Waals surface area contributed by atoms with Crippen LogP contribution < -0.4 is 9.80 Å². The second-order valence-electron chi connectivity index (χ2n) is 11.3. The van der Waals surface area contributed by atoms with Crippen LogP contribution in [0.25, 0.3) is 0 Å². The normalized spacial score (nSPS) is 20.1. The van der Waals surface area contributed by atoms with Crippen LogP contribution in [0.5, 0.6) is 0 Å². The number of aromatic nitrogens is 2. The molecule has 2 aliphatic rings. The molecule has 1 saturated heterocycles. The Bertz CT molecular complexity index is 1130. The van der Waals surface area contributed by atoms with E-state index < -0.39 is 11.7 Å². The maximum atomic E-state index is 13.6. The van der Waals surface area contributed by atoms with Crippen molar-refractivity contribution >= 4 is 41.2 Å². The van der Waals surface area contributed by atoms with E-state index in [1.54, 1.807) is 0 Å². The molecule has 1 aromatic carbocycles. The average molecular weight is 526 g/mol. The quantitative estimate of drug-likeness (QED) is 0.381. The van der Waals surface area contributed by atoms with Crippen molar-refractivity contribution in [3.63, 3.8) is 0 Å². The summed E-state index contributed by atoms with van der Waals surface area (Å²) < 4.78 is 5.82. The highest BCUT2D eigenvalue weighted by molar-refractivity contribution is 6.28. The molecule has 200 valence electrons. The summed E-state index contributed by atoms with van der Waals surface area (Å²) in [7, 11) is 0. The number of hydrogen-bond acceptors (Lipinski definition) is 6. The second kappa shape index (κ2) is 11.8. The lowest BCUT2D eigenvalue weighted by Crippen LogP contribution is -2.35. The van der Waals surface area contributed by atoms with Gasteiger partial charge in [-0.2, -0.15) is 4.98 Å². The third-order valence-electron chi connectivity index (χ3n) is 7.03. The van der Waals surface area contributed by atoms with Crippen LogP contribution in [-0.4, -0.2) is 47.0 Å². The Kier molecular flexibility index (Phi) is 8.73. The third kappa shape index (κ3) is 7.22. The van der Waals surface area contributed by atoms with Crippen molar-refractivity contribution in [2.75, 3.05) is 22.9 Å². The summed E-state index contributed by atoms with van der Waals surface area (Å²) in [5.74, 6) is 1.89. The molecule has 8 heteroatoms. The van der Waals surface area contributed by atoms with E-state index >= 15 is 0 Å². The largest absolute Gasteiger partial charge is 0.443 e. The minimum Gasteiger partial charge on any atom is -0.443 e. The molecular weight excluding hydrogens is 486 g/mol. The lowest BCUT2D eigenvalue weighted by Gasteiger charge is -2.28. The van der Waals surface area contributed by atoms with Crippen LogP contribution in [0.3, 0.4) is 0 Å². The topological polar surface area (TPSA) is 70.9 Å². The summed E-state index contributed by atoms with van der Waals surface area (Å²) >= 11 is 6.46. The van der Waals surface area contributed by atoms with E-state index in [2.05, 4.69) is 39.8 Å². The molecule has 2 unspecified atom stereocenters. The minimum atomic E-state index is -0.670. The molecule has 3 heterocycles. The van der Waals surface area contributed by atoms with Gasteiger partial charge in [0.1, 0.15) is 17.2 Å². The van der Waals surface area contributed by atoms with E-state index in [9.17, 15) is 4.79 Å². The van der Waals surface area contributed by atoms with Gasteiger partial charge in [-0.15, -0.1) is 0 Å². The summed E-state index contributed by atoms with van der Waals surface area (Å²) in [4.78, 5) is 31.0. The molecular formula is C29H40ClN5O2. The van der Waals surface area contributed by atoms with Gasteiger partial charge in [-0.1, -0.05) is 25.8 Å². The molecule has 0 radical (unpaired) electrons. The predicted molar refractivity (Wildman–Crippen MR) is 152 cm³/mol. The van der Waals surface area contributed by atoms with Crippen LogP contribution in [0.2, 0.25) is 5.28 Å². The fourth-order valence-electron chi connectivity index (χ4n) is 5.12. The summed E-state index contributed by atoms with van der Waals surface area (Å²) in [5.41, 5.74) is 2.21. The summed E-state index contributed by atoms with van der Waals surface area (Å²) in [6, 6.07) is 8.13. The van der Waals surface area contributed by atoms with Crippen molar-refractivity contribution in [3.05, 3.63) is 40.7 Å². The number of fused-ring (bicyclic) bond motifs is 1. The number of amides is 1. The summed E-state index contributed by atoms with van der Waals surface area (Å²) in [5, 5.41) is 0.112. The lowest BCUT2D eigenvalue weighted by atomic mass is 9.96. The number of carbonyl (C=O) groups is 1. The van der Waals surface area contributed by atoms with E-state index in [0.717, 1.165) is 56.1 Å². The monoisotopic (exact) mass is 525 g/mol. The van der Waals surface area contributed by atoms with E-state index in [-0.39, 0.29) is 11.3 Å². The zero-order valence-electron chi connectivity index (χ0n) is 22.8. The third-order valence-corrected chi connectivity index (χ3v) is 7.20. The molecule has 1 aromatic heterocycles. The predicted octanol–water partition coefficient (Wildman–Crippen LogP) is 7.36. The Labute approximate surface area is 226 Å². The molecule has 7 nitrogen and oxygen atoms in total. The fourth-order valence-corrected chi connectivity index (χ4v) is 5.29. The Morgan fingerprint density at radius 3 is 2.73 bits per heavy atom. The van der Waals surface area contributed by atoms with Crippen LogP contribution in [0.1, 0.15) is 84.3 Å². The minimum absolute atomic E-state index is 0.112. The highest BCUT2D eigenvalue weighted by Gasteiger charge is 2.28. The van der Waals surface area contributed by atoms with Crippen LogP contribution in [-0.2, 0) is 11.2 Å². The number of hydrogen-bond donors (Lipinski definition) is 0. The van der Waals surface area contributed by atoms with Gasteiger partial charge in [-0.05, 0) is 101 Å². The Balaban J connectivity index is 1.72.